The number of aryl methyl sites for hydroxylation is 1. The Morgan fingerprint density at radius 1 is 1.24 bits per heavy atom. The van der Waals surface area contributed by atoms with Gasteiger partial charge in [-0.15, -0.1) is 10.2 Å². The summed E-state index contributed by atoms with van der Waals surface area (Å²) in [5.74, 6) is 0. The zero-order valence-electron chi connectivity index (χ0n) is 10.5. The minimum Gasteiger partial charge on any atom is -0.374 e. The lowest BCUT2D eigenvalue weighted by atomic mass is 10.3. The smallest absolute Gasteiger partial charge is 0.301 e. The Kier molecular flexibility index (Phi) is 4.67. The second-order valence-electron chi connectivity index (χ2n) is 3.98. The van der Waals surface area contributed by atoms with E-state index in [0.29, 0.717) is 10.7 Å². The molecule has 21 heavy (non-hydrogen) atoms. The number of aromatic nitrogens is 2. The van der Waals surface area contributed by atoms with E-state index >= 15 is 0 Å². The van der Waals surface area contributed by atoms with Gasteiger partial charge in [0.25, 0.3) is 0 Å². The number of thiocarbonyl (C=S) groups is 1. The quantitative estimate of drug-likeness (QED) is 0.480. The van der Waals surface area contributed by atoms with Gasteiger partial charge in [0, 0.05) is 0 Å². The van der Waals surface area contributed by atoms with Gasteiger partial charge in [-0.1, -0.05) is 34.8 Å². The lowest BCUT2D eigenvalue weighted by Gasteiger charge is -1.99. The number of nitrogens with zero attached hydrogens (tertiary/aromatic N) is 3. The lowest BCUT2D eigenvalue weighted by molar-refractivity contribution is 0.889. The van der Waals surface area contributed by atoms with Gasteiger partial charge in [0.2, 0.25) is 0 Å². The van der Waals surface area contributed by atoms with Crippen LogP contribution in [0.25, 0.3) is 0 Å². The molecule has 0 fully saturated rings. The highest BCUT2D eigenvalue weighted by Crippen LogP contribution is 2.34. The highest BCUT2D eigenvalue weighted by atomic mass is 35.5. The van der Waals surface area contributed by atoms with Crippen molar-refractivity contribution < 1.29 is 0 Å². The molecule has 3 N–H and O–H groups in total. The van der Waals surface area contributed by atoms with Crippen LogP contribution < -0.4 is 11.3 Å². The number of halogens is 3. The molecule has 2 rings (SSSR count). The van der Waals surface area contributed by atoms with Crippen molar-refractivity contribution in [3.63, 3.8) is 0 Å². The van der Waals surface area contributed by atoms with Gasteiger partial charge in [-0.05, 0) is 31.3 Å². The van der Waals surface area contributed by atoms with Crippen molar-refractivity contribution in [2.24, 2.45) is 16.0 Å². The molecule has 0 saturated carbocycles. The summed E-state index contributed by atoms with van der Waals surface area (Å²) in [5.41, 5.74) is 5.73. The Hall–Kier alpha value is -1.41. The average molecular weight is 365 g/mol. The Morgan fingerprint density at radius 3 is 2.43 bits per heavy atom. The molecular weight excluding hydrogens is 357 g/mol. The molecule has 0 atom stereocenters. The second kappa shape index (κ2) is 6.15. The monoisotopic (exact) mass is 363 g/mol. The van der Waals surface area contributed by atoms with Gasteiger partial charge >= 0.3 is 5.56 Å². The summed E-state index contributed by atoms with van der Waals surface area (Å²) in [4.78, 5) is 12.0. The summed E-state index contributed by atoms with van der Waals surface area (Å²) in [6, 6.07) is 2.89. The Bertz CT molecular complexity index is 811. The first-order chi connectivity index (χ1) is 9.81. The van der Waals surface area contributed by atoms with Gasteiger partial charge in [-0.2, -0.15) is 4.68 Å². The molecule has 0 radical (unpaired) electrons. The van der Waals surface area contributed by atoms with Crippen molar-refractivity contribution in [2.75, 3.05) is 0 Å². The van der Waals surface area contributed by atoms with Crippen molar-refractivity contribution in [3.8, 4) is 0 Å². The van der Waals surface area contributed by atoms with Crippen LogP contribution in [-0.4, -0.2) is 14.9 Å². The molecule has 1 aromatic carbocycles. The summed E-state index contributed by atoms with van der Waals surface area (Å²) >= 11 is 22.4. The molecule has 0 aliphatic rings. The summed E-state index contributed by atoms with van der Waals surface area (Å²) in [5, 5.41) is 11.2. The SMILES string of the molecule is Cc1[nH]n(C(N)=S)c(=O)c1N=Nc1cc(Cl)c(Cl)cc1Cl. The maximum atomic E-state index is 12.0. The van der Waals surface area contributed by atoms with Gasteiger partial charge in [0.05, 0.1) is 20.8 Å². The molecule has 6 nitrogen and oxygen atoms in total. The number of benzene rings is 1. The molecule has 0 amide bonds. The largest absolute Gasteiger partial charge is 0.374 e. The van der Waals surface area contributed by atoms with Crippen LogP contribution in [0.5, 0.6) is 0 Å². The third kappa shape index (κ3) is 3.26. The highest BCUT2D eigenvalue weighted by molar-refractivity contribution is 7.80. The van der Waals surface area contributed by atoms with Crippen LogP contribution in [0.15, 0.2) is 27.2 Å². The van der Waals surface area contributed by atoms with E-state index < -0.39 is 5.56 Å². The fraction of sp³-hybridized carbons (Fsp3) is 0.0909. The summed E-state index contributed by atoms with van der Waals surface area (Å²) in [6.07, 6.45) is 0. The molecular formula is C11H8Cl3N5OS. The molecule has 2 aromatic rings. The van der Waals surface area contributed by atoms with Crippen LogP contribution in [-0.2, 0) is 0 Å². The lowest BCUT2D eigenvalue weighted by Crippen LogP contribution is -2.29. The highest BCUT2D eigenvalue weighted by Gasteiger charge is 2.12. The van der Waals surface area contributed by atoms with Gasteiger partial charge in [-0.3, -0.25) is 9.89 Å². The minimum atomic E-state index is -0.500. The van der Waals surface area contributed by atoms with Crippen molar-refractivity contribution >= 4 is 63.5 Å². The topological polar surface area (TPSA) is 88.5 Å². The summed E-state index contributed by atoms with van der Waals surface area (Å²) in [6.45, 7) is 1.64. The van der Waals surface area contributed by atoms with Crippen LogP contribution in [0.4, 0.5) is 11.4 Å². The van der Waals surface area contributed by atoms with Crippen LogP contribution >= 0.6 is 47.0 Å². The van der Waals surface area contributed by atoms with Crippen LogP contribution in [0.2, 0.25) is 15.1 Å². The maximum absolute atomic E-state index is 12.0. The molecule has 0 saturated heterocycles. The summed E-state index contributed by atoms with van der Waals surface area (Å²) < 4.78 is 0.996. The van der Waals surface area contributed by atoms with Gasteiger partial charge in [-0.25, -0.2) is 0 Å². The summed E-state index contributed by atoms with van der Waals surface area (Å²) in [7, 11) is 0. The molecule has 1 heterocycles. The molecule has 0 spiro atoms. The van der Waals surface area contributed by atoms with Gasteiger partial charge in [0.15, 0.2) is 10.8 Å². The van der Waals surface area contributed by atoms with E-state index in [4.69, 9.17) is 52.8 Å². The maximum Gasteiger partial charge on any atom is 0.301 e. The van der Waals surface area contributed by atoms with Gasteiger partial charge < -0.3 is 5.73 Å². The van der Waals surface area contributed by atoms with Gasteiger partial charge in [0.1, 0.15) is 5.69 Å². The minimum absolute atomic E-state index is 0.0740. The zero-order chi connectivity index (χ0) is 15.7. The zero-order valence-corrected chi connectivity index (χ0v) is 13.6. The number of hydrogen-bond donors (Lipinski definition) is 2. The number of nitrogens with one attached hydrogen (secondary N) is 1. The van der Waals surface area contributed by atoms with E-state index in [1.54, 1.807) is 6.92 Å². The third-order valence-electron chi connectivity index (χ3n) is 2.51. The Morgan fingerprint density at radius 2 is 1.86 bits per heavy atom. The van der Waals surface area contributed by atoms with E-state index in [9.17, 15) is 4.79 Å². The Labute approximate surface area is 139 Å². The molecule has 0 aliphatic heterocycles. The first-order valence-electron chi connectivity index (χ1n) is 5.49. The normalized spacial score (nSPS) is 11.2. The van der Waals surface area contributed by atoms with E-state index in [1.807, 2.05) is 0 Å². The van der Waals surface area contributed by atoms with Crippen LogP contribution in [0.3, 0.4) is 0 Å². The molecule has 0 aliphatic carbocycles. The van der Waals surface area contributed by atoms with Crippen molar-refractivity contribution in [1.82, 2.24) is 9.78 Å². The van der Waals surface area contributed by atoms with E-state index in [1.165, 1.54) is 12.1 Å². The van der Waals surface area contributed by atoms with Crippen LogP contribution in [0, 0.1) is 6.92 Å². The molecule has 1 aromatic heterocycles. The molecule has 0 bridgehead atoms. The van der Waals surface area contributed by atoms with Crippen molar-refractivity contribution in [1.29, 1.82) is 0 Å². The first-order valence-corrected chi connectivity index (χ1v) is 7.03. The number of azo groups is 1. The predicted octanol–water partition coefficient (Wildman–Crippen LogP) is 3.95. The fourth-order valence-corrected chi connectivity index (χ4v) is 2.21. The van der Waals surface area contributed by atoms with Crippen LogP contribution in [0.1, 0.15) is 5.69 Å². The molecule has 110 valence electrons. The van der Waals surface area contributed by atoms with Crippen molar-refractivity contribution in [2.45, 2.75) is 6.92 Å². The number of H-pyrrole nitrogens is 1. The number of nitrogens with two attached hydrogens (primary N) is 1. The van der Waals surface area contributed by atoms with E-state index in [2.05, 4.69) is 15.3 Å². The van der Waals surface area contributed by atoms with Crippen molar-refractivity contribution in [3.05, 3.63) is 43.2 Å². The molecule has 10 heteroatoms. The number of aromatic amines is 1. The third-order valence-corrected chi connectivity index (χ3v) is 3.72. The fourth-order valence-electron chi connectivity index (χ4n) is 1.50. The standard InChI is InChI=1S/C11H8Cl3N5OS/c1-4-9(10(20)19(18-4)11(15)21)17-16-8-3-6(13)5(12)2-7(8)14/h2-3,18H,1H3,(H2,15,21). The predicted molar refractivity (Wildman–Crippen MR) is 87.6 cm³/mol. The average Bonchev–Trinajstić information content (AvgIpc) is 2.68. The first kappa shape index (κ1) is 16.0. The van der Waals surface area contributed by atoms with E-state index in [0.717, 1.165) is 4.68 Å². The Balaban J connectivity index is 2.46. The molecule has 0 unspecified atom stereocenters. The number of hydrogen-bond acceptors (Lipinski definition) is 4. The second-order valence-corrected chi connectivity index (χ2v) is 5.62. The number of rotatable bonds is 2. The van der Waals surface area contributed by atoms with E-state index in [-0.39, 0.29) is 26.5 Å².